The van der Waals surface area contributed by atoms with Crippen molar-refractivity contribution in [3.05, 3.63) is 34.7 Å². The van der Waals surface area contributed by atoms with E-state index < -0.39 is 0 Å². The first-order valence-electron chi connectivity index (χ1n) is 7.87. The van der Waals surface area contributed by atoms with Crippen LogP contribution < -0.4 is 5.69 Å². The first-order chi connectivity index (χ1) is 10.4. The molecule has 2 rings (SSSR count). The Morgan fingerprint density at radius 3 is 2.00 bits per heavy atom. The average molecular weight is 303 g/mol. The highest BCUT2D eigenvalue weighted by Gasteiger charge is 2.22. The van der Waals surface area contributed by atoms with Gasteiger partial charge in [0.1, 0.15) is 6.54 Å². The van der Waals surface area contributed by atoms with Crippen molar-refractivity contribution in [3.63, 3.8) is 0 Å². The third-order valence-electron chi connectivity index (χ3n) is 3.94. The summed E-state index contributed by atoms with van der Waals surface area (Å²) in [5, 5.41) is 0. The summed E-state index contributed by atoms with van der Waals surface area (Å²) in [7, 11) is 0. The normalized spacial score (nSPS) is 11.6. The minimum Gasteiger partial charge on any atom is -0.336 e. The smallest absolute Gasteiger partial charge is 0.329 e. The van der Waals surface area contributed by atoms with Gasteiger partial charge in [-0.3, -0.25) is 13.9 Å². The van der Waals surface area contributed by atoms with Crippen molar-refractivity contribution in [3.8, 4) is 0 Å². The van der Waals surface area contributed by atoms with Crippen LogP contribution in [-0.2, 0) is 17.9 Å². The van der Waals surface area contributed by atoms with E-state index in [1.807, 2.05) is 63.8 Å². The summed E-state index contributed by atoms with van der Waals surface area (Å²) in [5.74, 6) is -0.0221. The summed E-state index contributed by atoms with van der Waals surface area (Å²) < 4.78 is 3.29. The van der Waals surface area contributed by atoms with E-state index in [0.29, 0.717) is 6.54 Å². The Hall–Kier alpha value is -2.04. The lowest BCUT2D eigenvalue weighted by Crippen LogP contribution is -2.44. The first kappa shape index (κ1) is 16.3. The lowest BCUT2D eigenvalue weighted by molar-refractivity contribution is -0.135. The molecular formula is C17H25N3O2. The second-order valence-electron chi connectivity index (χ2n) is 6.09. The molecule has 5 heteroatoms. The molecule has 1 heterocycles. The number of rotatable bonds is 5. The van der Waals surface area contributed by atoms with E-state index in [1.54, 1.807) is 9.13 Å². The fourth-order valence-electron chi connectivity index (χ4n) is 3.12. The van der Waals surface area contributed by atoms with Crippen LogP contribution in [0, 0.1) is 0 Å². The van der Waals surface area contributed by atoms with Gasteiger partial charge in [0, 0.05) is 18.6 Å². The van der Waals surface area contributed by atoms with Crippen molar-refractivity contribution in [1.82, 2.24) is 14.0 Å². The molecule has 0 N–H and O–H groups in total. The monoisotopic (exact) mass is 303 g/mol. The molecule has 1 aromatic heterocycles. The molecule has 0 saturated heterocycles. The van der Waals surface area contributed by atoms with Gasteiger partial charge in [-0.1, -0.05) is 12.1 Å². The zero-order chi connectivity index (χ0) is 16.4. The maximum atomic E-state index is 12.6. The molecule has 0 bridgehead atoms. The van der Waals surface area contributed by atoms with Gasteiger partial charge in [0.15, 0.2) is 0 Å². The number of imidazole rings is 1. The number of hydrogen-bond acceptors (Lipinski definition) is 2. The van der Waals surface area contributed by atoms with E-state index in [-0.39, 0.29) is 30.2 Å². The number of para-hydroxylation sites is 2. The van der Waals surface area contributed by atoms with Crippen LogP contribution in [0.25, 0.3) is 11.0 Å². The number of nitrogens with zero attached hydrogens (tertiary/aromatic N) is 3. The third kappa shape index (κ3) is 2.80. The molecule has 1 aromatic carbocycles. The molecule has 120 valence electrons. The van der Waals surface area contributed by atoms with E-state index in [2.05, 4.69) is 0 Å². The van der Waals surface area contributed by atoms with Crippen LogP contribution in [-0.4, -0.2) is 32.0 Å². The maximum absolute atomic E-state index is 12.6. The van der Waals surface area contributed by atoms with Crippen molar-refractivity contribution < 1.29 is 4.79 Å². The standard InChI is InChI=1S/C17H25N3O2/c1-6-18-14-9-7-8-10-15(14)19(17(18)22)11-16(21)20(12(2)3)13(4)5/h7-10,12-13H,6,11H2,1-5H3. The Morgan fingerprint density at radius 1 is 1.05 bits per heavy atom. The largest absolute Gasteiger partial charge is 0.336 e. The summed E-state index contributed by atoms with van der Waals surface area (Å²) in [6.45, 7) is 10.6. The van der Waals surface area contributed by atoms with Crippen LogP contribution in [0.4, 0.5) is 0 Å². The van der Waals surface area contributed by atoms with Gasteiger partial charge < -0.3 is 4.90 Å². The van der Waals surface area contributed by atoms with Crippen LogP contribution in [0.2, 0.25) is 0 Å². The van der Waals surface area contributed by atoms with Gasteiger partial charge in [-0.25, -0.2) is 4.79 Å². The molecule has 0 aliphatic carbocycles. The Balaban J connectivity index is 2.46. The molecule has 0 unspecified atom stereocenters. The summed E-state index contributed by atoms with van der Waals surface area (Å²) in [4.78, 5) is 27.0. The molecule has 0 fully saturated rings. The van der Waals surface area contributed by atoms with Crippen LogP contribution in [0.1, 0.15) is 34.6 Å². The van der Waals surface area contributed by atoms with Crippen molar-refractivity contribution in [1.29, 1.82) is 0 Å². The number of hydrogen-bond donors (Lipinski definition) is 0. The number of benzene rings is 1. The van der Waals surface area contributed by atoms with E-state index in [9.17, 15) is 9.59 Å². The van der Waals surface area contributed by atoms with Gasteiger partial charge in [0.2, 0.25) is 5.91 Å². The Kier molecular flexibility index (Phi) is 4.74. The molecule has 0 spiro atoms. The van der Waals surface area contributed by atoms with Gasteiger partial charge in [-0.05, 0) is 46.8 Å². The number of aryl methyl sites for hydroxylation is 1. The van der Waals surface area contributed by atoms with Gasteiger partial charge in [0.25, 0.3) is 0 Å². The molecule has 0 atom stereocenters. The summed E-state index contributed by atoms with van der Waals surface area (Å²) in [6.07, 6.45) is 0. The second kappa shape index (κ2) is 6.38. The number of fused-ring (bicyclic) bond motifs is 1. The predicted octanol–water partition coefficient (Wildman–Crippen LogP) is 2.47. The van der Waals surface area contributed by atoms with Crippen LogP contribution in [0.15, 0.2) is 29.1 Å². The van der Waals surface area contributed by atoms with Crippen molar-refractivity contribution >= 4 is 16.9 Å². The third-order valence-corrected chi connectivity index (χ3v) is 3.94. The average Bonchev–Trinajstić information content (AvgIpc) is 2.70. The molecule has 5 nitrogen and oxygen atoms in total. The Labute approximate surface area is 131 Å². The van der Waals surface area contributed by atoms with E-state index in [4.69, 9.17) is 0 Å². The van der Waals surface area contributed by atoms with E-state index in [1.165, 1.54) is 0 Å². The Morgan fingerprint density at radius 2 is 1.55 bits per heavy atom. The molecule has 0 aliphatic rings. The fraction of sp³-hybridized carbons (Fsp3) is 0.529. The number of aromatic nitrogens is 2. The summed E-state index contributed by atoms with van der Waals surface area (Å²) in [5.41, 5.74) is 1.57. The first-order valence-corrected chi connectivity index (χ1v) is 7.87. The van der Waals surface area contributed by atoms with Crippen LogP contribution >= 0.6 is 0 Å². The summed E-state index contributed by atoms with van der Waals surface area (Å²) >= 11 is 0. The SMILES string of the molecule is CCn1c(=O)n(CC(=O)N(C(C)C)C(C)C)c2ccccc21. The predicted molar refractivity (Wildman–Crippen MR) is 89.0 cm³/mol. The van der Waals surface area contributed by atoms with Crippen LogP contribution in [0.5, 0.6) is 0 Å². The zero-order valence-corrected chi connectivity index (χ0v) is 14.0. The van der Waals surface area contributed by atoms with Crippen molar-refractivity contribution in [2.45, 2.75) is 59.8 Å². The van der Waals surface area contributed by atoms with Crippen molar-refractivity contribution in [2.24, 2.45) is 0 Å². The lowest BCUT2D eigenvalue weighted by Gasteiger charge is -2.30. The number of carbonyl (C=O) groups excluding carboxylic acids is 1. The molecule has 0 saturated carbocycles. The number of amides is 1. The van der Waals surface area contributed by atoms with E-state index in [0.717, 1.165) is 11.0 Å². The molecule has 0 aliphatic heterocycles. The molecule has 22 heavy (non-hydrogen) atoms. The Bertz CT molecular complexity index is 717. The van der Waals surface area contributed by atoms with Crippen molar-refractivity contribution in [2.75, 3.05) is 0 Å². The fourth-order valence-corrected chi connectivity index (χ4v) is 3.12. The highest BCUT2D eigenvalue weighted by molar-refractivity contribution is 5.81. The van der Waals surface area contributed by atoms with Gasteiger partial charge >= 0.3 is 5.69 Å². The highest BCUT2D eigenvalue weighted by atomic mass is 16.2. The van der Waals surface area contributed by atoms with Gasteiger partial charge in [-0.2, -0.15) is 0 Å². The summed E-state index contributed by atoms with van der Waals surface area (Å²) in [6, 6.07) is 7.85. The molecule has 1 amide bonds. The topological polar surface area (TPSA) is 47.2 Å². The second-order valence-corrected chi connectivity index (χ2v) is 6.09. The maximum Gasteiger partial charge on any atom is 0.329 e. The van der Waals surface area contributed by atoms with E-state index >= 15 is 0 Å². The minimum absolute atomic E-state index is 0.0221. The molecule has 2 aromatic rings. The van der Waals surface area contributed by atoms with Gasteiger partial charge in [-0.15, -0.1) is 0 Å². The minimum atomic E-state index is -0.121. The van der Waals surface area contributed by atoms with Gasteiger partial charge in [0.05, 0.1) is 11.0 Å². The number of carbonyl (C=O) groups is 1. The highest BCUT2D eigenvalue weighted by Crippen LogP contribution is 2.14. The zero-order valence-electron chi connectivity index (χ0n) is 14.0. The van der Waals surface area contributed by atoms with Crippen LogP contribution in [0.3, 0.4) is 0 Å². The molecular weight excluding hydrogens is 278 g/mol. The molecule has 0 radical (unpaired) electrons. The quantitative estimate of drug-likeness (QED) is 0.852. The lowest BCUT2D eigenvalue weighted by atomic mass is 10.2.